The van der Waals surface area contributed by atoms with E-state index in [9.17, 15) is 10.1 Å². The Morgan fingerprint density at radius 3 is 2.75 bits per heavy atom. The van der Waals surface area contributed by atoms with E-state index in [0.717, 1.165) is 4.47 Å². The number of hydrogen-bond donors (Lipinski definition) is 2. The number of anilines is 1. The zero-order valence-electron chi connectivity index (χ0n) is 5.95. The Hall–Kier alpha value is -1.14. The molecule has 0 bridgehead atoms. The molecule has 1 aromatic carbocycles. The number of nitrogens with two attached hydrogens (primary N) is 1. The average molecular weight is 232 g/mol. The zero-order valence-corrected chi connectivity index (χ0v) is 7.54. The van der Waals surface area contributed by atoms with E-state index in [4.69, 9.17) is 5.84 Å². The lowest BCUT2D eigenvalue weighted by atomic mass is 10.3. The van der Waals surface area contributed by atoms with Crippen LogP contribution < -0.4 is 11.3 Å². The highest BCUT2D eigenvalue weighted by atomic mass is 79.9. The Balaban J connectivity index is 3.20. The highest BCUT2D eigenvalue weighted by Crippen LogP contribution is 2.26. The van der Waals surface area contributed by atoms with E-state index in [1.807, 2.05) is 0 Å². The minimum atomic E-state index is -0.498. The van der Waals surface area contributed by atoms with Crippen LogP contribution in [-0.2, 0) is 0 Å². The van der Waals surface area contributed by atoms with Crippen LogP contribution in [0.2, 0.25) is 0 Å². The van der Waals surface area contributed by atoms with Crippen LogP contribution in [0.25, 0.3) is 0 Å². The van der Waals surface area contributed by atoms with Gasteiger partial charge >= 0.3 is 0 Å². The van der Waals surface area contributed by atoms with E-state index in [1.165, 1.54) is 12.1 Å². The van der Waals surface area contributed by atoms with Crippen molar-refractivity contribution in [2.75, 3.05) is 5.43 Å². The van der Waals surface area contributed by atoms with Crippen molar-refractivity contribution < 1.29 is 4.92 Å². The molecular weight excluding hydrogens is 226 g/mol. The van der Waals surface area contributed by atoms with Crippen molar-refractivity contribution in [3.8, 4) is 0 Å². The molecule has 0 aliphatic carbocycles. The standard InChI is InChI=1S/C6H6BrN3O2/c7-4-1-2-6(10(11)12)5(3-4)9-8/h1-3,9H,8H2. The molecule has 0 aliphatic rings. The third-order valence-corrected chi connectivity index (χ3v) is 1.80. The van der Waals surface area contributed by atoms with Crippen LogP contribution in [0.5, 0.6) is 0 Å². The number of nitro benzene ring substituents is 1. The van der Waals surface area contributed by atoms with Crippen LogP contribution in [0.3, 0.4) is 0 Å². The van der Waals surface area contributed by atoms with Gasteiger partial charge in [0.05, 0.1) is 4.92 Å². The molecule has 0 spiro atoms. The summed E-state index contributed by atoms with van der Waals surface area (Å²) in [5.74, 6) is 5.08. The molecule has 0 aromatic heterocycles. The highest BCUT2D eigenvalue weighted by molar-refractivity contribution is 9.10. The van der Waals surface area contributed by atoms with Gasteiger partial charge in [0.1, 0.15) is 5.69 Å². The molecule has 0 amide bonds. The predicted molar refractivity (Wildman–Crippen MR) is 48.6 cm³/mol. The Labute approximate surface area is 76.8 Å². The summed E-state index contributed by atoms with van der Waals surface area (Å²) >= 11 is 3.17. The summed E-state index contributed by atoms with van der Waals surface area (Å²) in [4.78, 5) is 9.89. The van der Waals surface area contributed by atoms with Crippen molar-refractivity contribution in [3.05, 3.63) is 32.8 Å². The Morgan fingerprint density at radius 2 is 2.25 bits per heavy atom. The van der Waals surface area contributed by atoms with Gasteiger partial charge in [-0.3, -0.25) is 16.0 Å². The predicted octanol–water partition coefficient (Wildman–Crippen LogP) is 1.64. The molecule has 3 N–H and O–H groups in total. The van der Waals surface area contributed by atoms with Crippen molar-refractivity contribution in [1.29, 1.82) is 0 Å². The fourth-order valence-corrected chi connectivity index (χ4v) is 1.14. The zero-order chi connectivity index (χ0) is 9.14. The minimum absolute atomic E-state index is 0.0410. The van der Waals surface area contributed by atoms with E-state index in [0.29, 0.717) is 0 Å². The van der Waals surface area contributed by atoms with Gasteiger partial charge in [0.2, 0.25) is 0 Å². The smallest absolute Gasteiger partial charge is 0.293 e. The van der Waals surface area contributed by atoms with E-state index in [-0.39, 0.29) is 11.4 Å². The first-order valence-electron chi connectivity index (χ1n) is 3.05. The second-order valence-electron chi connectivity index (χ2n) is 2.06. The van der Waals surface area contributed by atoms with Crippen molar-refractivity contribution in [1.82, 2.24) is 0 Å². The summed E-state index contributed by atoms with van der Waals surface area (Å²) in [7, 11) is 0. The van der Waals surface area contributed by atoms with Crippen LogP contribution in [0.15, 0.2) is 22.7 Å². The topological polar surface area (TPSA) is 81.2 Å². The lowest BCUT2D eigenvalue weighted by molar-refractivity contribution is -0.384. The Kier molecular flexibility index (Phi) is 2.61. The number of nitrogens with one attached hydrogen (secondary N) is 1. The number of halogens is 1. The van der Waals surface area contributed by atoms with Crippen molar-refractivity contribution >= 4 is 27.3 Å². The van der Waals surface area contributed by atoms with Crippen molar-refractivity contribution in [2.45, 2.75) is 0 Å². The molecule has 0 radical (unpaired) electrons. The largest absolute Gasteiger partial charge is 0.318 e. The summed E-state index contributed by atoms with van der Waals surface area (Å²) in [6.45, 7) is 0. The van der Waals surface area contributed by atoms with Gasteiger partial charge in [-0.25, -0.2) is 0 Å². The average Bonchev–Trinajstić information content (AvgIpc) is 2.03. The molecule has 12 heavy (non-hydrogen) atoms. The molecular formula is C6H6BrN3O2. The number of nitro groups is 1. The van der Waals surface area contributed by atoms with Gasteiger partial charge in [0.15, 0.2) is 0 Å². The molecule has 1 rings (SSSR count). The normalized spacial score (nSPS) is 9.50. The van der Waals surface area contributed by atoms with E-state index in [2.05, 4.69) is 21.4 Å². The summed E-state index contributed by atoms with van der Waals surface area (Å²) in [5.41, 5.74) is 2.49. The Morgan fingerprint density at radius 1 is 1.58 bits per heavy atom. The maximum absolute atomic E-state index is 10.4. The molecule has 0 aliphatic heterocycles. The first kappa shape index (κ1) is 8.95. The fraction of sp³-hybridized carbons (Fsp3) is 0. The van der Waals surface area contributed by atoms with Crippen LogP contribution >= 0.6 is 15.9 Å². The molecule has 6 heteroatoms. The SMILES string of the molecule is NNc1cc(Br)ccc1[N+](=O)[O-]. The molecule has 0 saturated heterocycles. The number of hydrazine groups is 1. The summed E-state index contributed by atoms with van der Waals surface area (Å²) in [6.07, 6.45) is 0. The van der Waals surface area contributed by atoms with Crippen molar-refractivity contribution in [2.24, 2.45) is 5.84 Å². The molecule has 5 nitrogen and oxygen atoms in total. The lowest BCUT2D eigenvalue weighted by Gasteiger charge is -2.00. The molecule has 0 unspecified atom stereocenters. The Bertz CT molecular complexity index is 316. The highest BCUT2D eigenvalue weighted by Gasteiger charge is 2.11. The quantitative estimate of drug-likeness (QED) is 0.461. The molecule has 1 aromatic rings. The molecule has 0 fully saturated rings. The fourth-order valence-electron chi connectivity index (χ4n) is 0.783. The monoisotopic (exact) mass is 231 g/mol. The first-order chi connectivity index (χ1) is 5.65. The van der Waals surface area contributed by atoms with Gasteiger partial charge in [-0.15, -0.1) is 0 Å². The summed E-state index contributed by atoms with van der Waals surface area (Å²) in [5, 5.41) is 10.4. The number of nitrogens with zero attached hydrogens (tertiary/aromatic N) is 1. The third-order valence-electron chi connectivity index (χ3n) is 1.31. The van der Waals surface area contributed by atoms with E-state index >= 15 is 0 Å². The molecule has 64 valence electrons. The second kappa shape index (κ2) is 3.51. The first-order valence-corrected chi connectivity index (χ1v) is 3.85. The maximum Gasteiger partial charge on any atom is 0.293 e. The van der Waals surface area contributed by atoms with Gasteiger partial charge in [-0.05, 0) is 12.1 Å². The van der Waals surface area contributed by atoms with Crippen LogP contribution in [0, 0.1) is 10.1 Å². The molecule has 0 saturated carbocycles. The van der Waals surface area contributed by atoms with Crippen LogP contribution in [-0.4, -0.2) is 4.92 Å². The van der Waals surface area contributed by atoms with Gasteiger partial charge in [0, 0.05) is 10.5 Å². The van der Waals surface area contributed by atoms with Crippen LogP contribution in [0.4, 0.5) is 11.4 Å². The number of nitrogen functional groups attached to an aromatic ring is 1. The van der Waals surface area contributed by atoms with Crippen LogP contribution in [0.1, 0.15) is 0 Å². The van der Waals surface area contributed by atoms with Gasteiger partial charge in [-0.1, -0.05) is 15.9 Å². The summed E-state index contributed by atoms with van der Waals surface area (Å²) in [6, 6.07) is 4.50. The number of rotatable bonds is 2. The molecule has 0 atom stereocenters. The third kappa shape index (κ3) is 1.72. The minimum Gasteiger partial charge on any atom is -0.318 e. The van der Waals surface area contributed by atoms with Gasteiger partial charge in [0.25, 0.3) is 5.69 Å². The number of benzene rings is 1. The van der Waals surface area contributed by atoms with E-state index in [1.54, 1.807) is 6.07 Å². The maximum atomic E-state index is 10.4. The summed E-state index contributed by atoms with van der Waals surface area (Å²) < 4.78 is 0.737. The van der Waals surface area contributed by atoms with Gasteiger partial charge < -0.3 is 5.43 Å². The van der Waals surface area contributed by atoms with E-state index < -0.39 is 4.92 Å². The molecule has 0 heterocycles. The van der Waals surface area contributed by atoms with Gasteiger partial charge in [-0.2, -0.15) is 0 Å². The number of hydrogen-bond acceptors (Lipinski definition) is 4. The lowest BCUT2D eigenvalue weighted by Crippen LogP contribution is -2.08. The second-order valence-corrected chi connectivity index (χ2v) is 2.98. The van der Waals surface area contributed by atoms with Crippen molar-refractivity contribution in [3.63, 3.8) is 0 Å².